The van der Waals surface area contributed by atoms with Gasteiger partial charge in [0.2, 0.25) is 5.88 Å². The summed E-state index contributed by atoms with van der Waals surface area (Å²) in [5.74, 6) is 0.482. The van der Waals surface area contributed by atoms with Crippen LogP contribution in [0.15, 0.2) is 18.2 Å². The van der Waals surface area contributed by atoms with Crippen molar-refractivity contribution in [1.82, 2.24) is 4.98 Å². The highest BCUT2D eigenvalue weighted by molar-refractivity contribution is 5.24. The molecule has 1 fully saturated rings. The number of rotatable bonds is 3. The normalized spacial score (nSPS) is 18.0. The minimum atomic E-state index is -0.204. The fourth-order valence-corrected chi connectivity index (χ4v) is 2.00. The van der Waals surface area contributed by atoms with Gasteiger partial charge in [0.05, 0.1) is 5.54 Å². The molecule has 4 nitrogen and oxygen atoms in total. The standard InChI is InChI=1S/C12H15N3O/c13-8-10-4-3-5-11(15-10)16-9-12(14)6-1-2-7-12/h3-5H,1-2,6-7,9,14H2. The van der Waals surface area contributed by atoms with Crippen molar-refractivity contribution in [3.05, 3.63) is 23.9 Å². The Bertz CT molecular complexity index is 405. The topological polar surface area (TPSA) is 71.9 Å². The second-order valence-electron chi connectivity index (χ2n) is 4.33. The van der Waals surface area contributed by atoms with Crippen LogP contribution in [0.25, 0.3) is 0 Å². The number of ether oxygens (including phenoxy) is 1. The maximum absolute atomic E-state index is 8.70. The number of hydrogen-bond acceptors (Lipinski definition) is 4. The van der Waals surface area contributed by atoms with Crippen LogP contribution in [0.3, 0.4) is 0 Å². The molecule has 0 atom stereocenters. The van der Waals surface area contributed by atoms with Crippen LogP contribution >= 0.6 is 0 Å². The van der Waals surface area contributed by atoms with Crippen LogP contribution in [0.5, 0.6) is 5.88 Å². The largest absolute Gasteiger partial charge is 0.476 e. The number of pyridine rings is 1. The first-order valence-electron chi connectivity index (χ1n) is 5.51. The molecule has 0 unspecified atom stereocenters. The first kappa shape index (κ1) is 10.9. The third kappa shape index (κ3) is 2.50. The average molecular weight is 217 g/mol. The van der Waals surface area contributed by atoms with Crippen molar-refractivity contribution in [2.45, 2.75) is 31.2 Å². The van der Waals surface area contributed by atoms with E-state index in [1.807, 2.05) is 6.07 Å². The van der Waals surface area contributed by atoms with Crippen LogP contribution in [0.4, 0.5) is 0 Å². The SMILES string of the molecule is N#Cc1cccc(OCC2(N)CCCC2)n1. The minimum Gasteiger partial charge on any atom is -0.476 e. The Morgan fingerprint density at radius 2 is 2.19 bits per heavy atom. The maximum Gasteiger partial charge on any atom is 0.214 e. The molecular formula is C12H15N3O. The van der Waals surface area contributed by atoms with Crippen molar-refractivity contribution < 1.29 is 4.74 Å². The van der Waals surface area contributed by atoms with Crippen LogP contribution in [0.1, 0.15) is 31.4 Å². The van der Waals surface area contributed by atoms with Gasteiger partial charge in [-0.05, 0) is 18.9 Å². The molecule has 0 saturated heterocycles. The summed E-state index contributed by atoms with van der Waals surface area (Å²) in [5.41, 5.74) is 6.33. The molecule has 0 aromatic carbocycles. The molecule has 1 aromatic heterocycles. The quantitative estimate of drug-likeness (QED) is 0.834. The fraction of sp³-hybridized carbons (Fsp3) is 0.500. The van der Waals surface area contributed by atoms with E-state index in [2.05, 4.69) is 4.98 Å². The number of nitrogens with zero attached hydrogens (tertiary/aromatic N) is 2. The molecule has 4 heteroatoms. The van der Waals surface area contributed by atoms with E-state index in [-0.39, 0.29) is 5.54 Å². The third-order valence-corrected chi connectivity index (χ3v) is 2.94. The Hall–Kier alpha value is -1.60. The molecule has 1 saturated carbocycles. The smallest absolute Gasteiger partial charge is 0.214 e. The summed E-state index contributed by atoms with van der Waals surface area (Å²) in [6.07, 6.45) is 4.35. The van der Waals surface area contributed by atoms with Gasteiger partial charge in [-0.1, -0.05) is 18.9 Å². The molecule has 0 aliphatic heterocycles. The molecule has 1 heterocycles. The summed E-state index contributed by atoms with van der Waals surface area (Å²) in [4.78, 5) is 4.04. The zero-order valence-electron chi connectivity index (χ0n) is 9.15. The molecule has 0 amide bonds. The summed E-state index contributed by atoms with van der Waals surface area (Å²) < 4.78 is 5.55. The van der Waals surface area contributed by atoms with E-state index in [1.54, 1.807) is 18.2 Å². The number of nitriles is 1. The first-order chi connectivity index (χ1) is 7.72. The van der Waals surface area contributed by atoms with Crippen LogP contribution < -0.4 is 10.5 Å². The predicted octanol–water partition coefficient (Wildman–Crippen LogP) is 1.60. The third-order valence-electron chi connectivity index (χ3n) is 2.94. The lowest BCUT2D eigenvalue weighted by Gasteiger charge is -2.23. The van der Waals surface area contributed by atoms with Crippen LogP contribution in [-0.2, 0) is 0 Å². The number of hydrogen-bond donors (Lipinski definition) is 1. The molecule has 2 N–H and O–H groups in total. The predicted molar refractivity (Wildman–Crippen MR) is 59.8 cm³/mol. The summed E-state index contributed by atoms with van der Waals surface area (Å²) in [6, 6.07) is 7.15. The lowest BCUT2D eigenvalue weighted by molar-refractivity contribution is 0.213. The molecule has 2 rings (SSSR count). The van der Waals surface area contributed by atoms with E-state index >= 15 is 0 Å². The Morgan fingerprint density at radius 1 is 1.44 bits per heavy atom. The molecule has 0 spiro atoms. The van der Waals surface area contributed by atoms with E-state index in [1.165, 1.54) is 12.8 Å². The van der Waals surface area contributed by atoms with Crippen molar-refractivity contribution in [3.8, 4) is 11.9 Å². The van der Waals surface area contributed by atoms with Gasteiger partial charge in [-0.25, -0.2) is 4.98 Å². The average Bonchev–Trinajstić information content (AvgIpc) is 2.75. The van der Waals surface area contributed by atoms with Gasteiger partial charge >= 0.3 is 0 Å². The summed E-state index contributed by atoms with van der Waals surface area (Å²) >= 11 is 0. The molecule has 84 valence electrons. The Morgan fingerprint density at radius 3 is 2.88 bits per heavy atom. The summed E-state index contributed by atoms with van der Waals surface area (Å²) in [6.45, 7) is 0.481. The first-order valence-corrected chi connectivity index (χ1v) is 5.51. The van der Waals surface area contributed by atoms with Crippen LogP contribution in [0.2, 0.25) is 0 Å². The van der Waals surface area contributed by atoms with Gasteiger partial charge in [0.25, 0.3) is 0 Å². The van der Waals surface area contributed by atoms with Crippen molar-refractivity contribution in [2.24, 2.45) is 5.73 Å². The minimum absolute atomic E-state index is 0.204. The fourth-order valence-electron chi connectivity index (χ4n) is 2.00. The zero-order chi connectivity index (χ0) is 11.4. The van der Waals surface area contributed by atoms with Crippen LogP contribution in [-0.4, -0.2) is 17.1 Å². The van der Waals surface area contributed by atoms with Crippen molar-refractivity contribution in [2.75, 3.05) is 6.61 Å². The Labute approximate surface area is 95.0 Å². The second-order valence-corrected chi connectivity index (χ2v) is 4.33. The summed E-state index contributed by atoms with van der Waals surface area (Å²) in [7, 11) is 0. The van der Waals surface area contributed by atoms with Crippen LogP contribution in [0, 0.1) is 11.3 Å². The molecule has 1 aliphatic carbocycles. The van der Waals surface area contributed by atoms with Crippen molar-refractivity contribution in [3.63, 3.8) is 0 Å². The van der Waals surface area contributed by atoms with Crippen molar-refractivity contribution >= 4 is 0 Å². The van der Waals surface area contributed by atoms with Gasteiger partial charge in [0.15, 0.2) is 0 Å². The van der Waals surface area contributed by atoms with E-state index in [4.69, 9.17) is 15.7 Å². The van der Waals surface area contributed by atoms with E-state index in [9.17, 15) is 0 Å². The summed E-state index contributed by atoms with van der Waals surface area (Å²) in [5, 5.41) is 8.70. The van der Waals surface area contributed by atoms with Gasteiger partial charge in [-0.3, -0.25) is 0 Å². The molecule has 0 radical (unpaired) electrons. The molecule has 1 aromatic rings. The monoisotopic (exact) mass is 217 g/mol. The van der Waals surface area contributed by atoms with Gasteiger partial charge in [-0.2, -0.15) is 5.26 Å². The van der Waals surface area contributed by atoms with E-state index in [0.29, 0.717) is 18.2 Å². The lowest BCUT2D eigenvalue weighted by Crippen LogP contribution is -2.42. The highest BCUT2D eigenvalue weighted by Gasteiger charge is 2.30. The highest BCUT2D eigenvalue weighted by Crippen LogP contribution is 2.27. The Balaban J connectivity index is 1.96. The lowest BCUT2D eigenvalue weighted by atomic mass is 10.0. The molecule has 1 aliphatic rings. The zero-order valence-corrected chi connectivity index (χ0v) is 9.15. The van der Waals surface area contributed by atoms with Crippen molar-refractivity contribution in [1.29, 1.82) is 5.26 Å². The Kier molecular flexibility index (Phi) is 3.07. The van der Waals surface area contributed by atoms with E-state index < -0.39 is 0 Å². The second kappa shape index (κ2) is 4.50. The van der Waals surface area contributed by atoms with Gasteiger partial charge in [0.1, 0.15) is 18.4 Å². The molecule has 0 bridgehead atoms. The number of aromatic nitrogens is 1. The number of nitrogens with two attached hydrogens (primary N) is 1. The molecular weight excluding hydrogens is 202 g/mol. The van der Waals surface area contributed by atoms with E-state index in [0.717, 1.165) is 12.8 Å². The highest BCUT2D eigenvalue weighted by atomic mass is 16.5. The maximum atomic E-state index is 8.70. The van der Waals surface area contributed by atoms with Gasteiger partial charge < -0.3 is 10.5 Å². The molecule has 16 heavy (non-hydrogen) atoms. The van der Waals surface area contributed by atoms with Gasteiger partial charge in [-0.15, -0.1) is 0 Å². The van der Waals surface area contributed by atoms with Gasteiger partial charge in [0, 0.05) is 6.07 Å².